The number of allylic oxidation sites excluding steroid dienone is 2. The normalized spacial score (nSPS) is 42.6. The summed E-state index contributed by atoms with van der Waals surface area (Å²) in [5.74, 6) is 3.29. The smallest absolute Gasteiger partial charge is 0.316 e. The zero-order chi connectivity index (χ0) is 22.6. The number of ether oxygens (including phenoxy) is 1. The molecular weight excluding hydrogens is 402 g/mol. The van der Waals surface area contributed by atoms with Gasteiger partial charge < -0.3 is 4.74 Å². The first-order chi connectivity index (χ1) is 15.5. The van der Waals surface area contributed by atoms with Crippen molar-refractivity contribution in [2.75, 3.05) is 0 Å². The zero-order valence-electron chi connectivity index (χ0n) is 20.8. The first kappa shape index (κ1) is 24.7. The number of hydrogen-bond acceptors (Lipinski definition) is 1. The van der Waals surface area contributed by atoms with Crippen LogP contribution < -0.4 is 0 Å². The van der Waals surface area contributed by atoms with E-state index in [4.69, 9.17) is 4.74 Å². The Balaban J connectivity index is 1.23. The molecule has 4 rings (SSSR count). The molecule has 3 heteroatoms. The van der Waals surface area contributed by atoms with Gasteiger partial charge in [-0.3, -0.25) is 0 Å². The summed E-state index contributed by atoms with van der Waals surface area (Å²) in [7, 11) is 0. The molecule has 0 unspecified atom stereocenters. The first-order valence-electron chi connectivity index (χ1n) is 14.2. The monoisotopic (exact) mass is 450 g/mol. The van der Waals surface area contributed by atoms with Crippen molar-refractivity contribution in [2.24, 2.45) is 41.4 Å². The van der Waals surface area contributed by atoms with Gasteiger partial charge >= 0.3 is 6.11 Å². The fourth-order valence-electron chi connectivity index (χ4n) is 7.93. The van der Waals surface area contributed by atoms with Gasteiger partial charge in [0.2, 0.25) is 0 Å². The summed E-state index contributed by atoms with van der Waals surface area (Å²) in [6.45, 7) is 4.38. The molecule has 0 aromatic heterocycles. The Morgan fingerprint density at radius 1 is 0.750 bits per heavy atom. The third-order valence-corrected chi connectivity index (χ3v) is 9.88. The van der Waals surface area contributed by atoms with Crippen LogP contribution in [0.1, 0.15) is 117 Å². The van der Waals surface area contributed by atoms with Crippen LogP contribution in [-0.4, -0.2) is 12.2 Å². The summed E-state index contributed by atoms with van der Waals surface area (Å²) >= 11 is 0. The van der Waals surface area contributed by atoms with Crippen LogP contribution in [0.2, 0.25) is 0 Å². The maximum atomic E-state index is 14.6. The highest BCUT2D eigenvalue weighted by atomic mass is 19.3. The minimum absolute atomic E-state index is 0.167. The van der Waals surface area contributed by atoms with Gasteiger partial charge in [-0.15, -0.1) is 0 Å². The van der Waals surface area contributed by atoms with E-state index in [2.05, 4.69) is 26.0 Å². The highest BCUT2D eigenvalue weighted by Crippen LogP contribution is 2.56. The standard InChI is InChI=1S/C29H48F2O/c1-3-5-6-8-22-11-15-26(16-12-22)28-27(29(30,31)32-28)25-19-17-24(18-20-25)23-13-9-21(7-4-2)10-14-23/h4,7,21-28H,3,5-6,8-20H2,1-2H3/b7-4+/t21?,22?,23?,24?,25?,26?,27-,28-/m0/s1. The molecule has 4 aliphatic rings. The molecule has 4 fully saturated rings. The van der Waals surface area contributed by atoms with Crippen molar-refractivity contribution in [2.45, 2.75) is 129 Å². The van der Waals surface area contributed by atoms with Crippen LogP contribution in [0.25, 0.3) is 0 Å². The van der Waals surface area contributed by atoms with E-state index >= 15 is 0 Å². The molecule has 0 bridgehead atoms. The van der Waals surface area contributed by atoms with Crippen molar-refractivity contribution in [3.63, 3.8) is 0 Å². The van der Waals surface area contributed by atoms with E-state index in [1.165, 1.54) is 77.0 Å². The predicted octanol–water partition coefficient (Wildman–Crippen LogP) is 9.17. The Hall–Kier alpha value is -0.440. The van der Waals surface area contributed by atoms with E-state index in [0.29, 0.717) is 5.92 Å². The molecule has 0 spiro atoms. The van der Waals surface area contributed by atoms with Gasteiger partial charge in [0.1, 0.15) is 0 Å². The average molecular weight is 451 g/mol. The molecule has 184 valence electrons. The van der Waals surface area contributed by atoms with Crippen molar-refractivity contribution in [1.29, 1.82) is 0 Å². The largest absolute Gasteiger partial charge is 0.361 e. The summed E-state index contributed by atoms with van der Waals surface area (Å²) < 4.78 is 34.5. The highest BCUT2D eigenvalue weighted by Gasteiger charge is 2.62. The van der Waals surface area contributed by atoms with Gasteiger partial charge in [0.15, 0.2) is 0 Å². The number of hydrogen-bond donors (Lipinski definition) is 0. The Labute approximate surface area is 196 Å². The van der Waals surface area contributed by atoms with Crippen molar-refractivity contribution < 1.29 is 13.5 Å². The molecular formula is C29H48F2O. The van der Waals surface area contributed by atoms with Crippen molar-refractivity contribution >= 4 is 0 Å². The molecule has 1 nitrogen and oxygen atoms in total. The van der Waals surface area contributed by atoms with Gasteiger partial charge in [0.25, 0.3) is 0 Å². The lowest BCUT2D eigenvalue weighted by molar-refractivity contribution is -0.418. The summed E-state index contributed by atoms with van der Waals surface area (Å²) in [5.41, 5.74) is 0. The van der Waals surface area contributed by atoms with Crippen LogP contribution in [0.3, 0.4) is 0 Å². The number of halogens is 2. The van der Waals surface area contributed by atoms with Crippen molar-refractivity contribution in [3.05, 3.63) is 12.2 Å². The van der Waals surface area contributed by atoms with Crippen LogP contribution >= 0.6 is 0 Å². The van der Waals surface area contributed by atoms with Crippen molar-refractivity contribution in [3.8, 4) is 0 Å². The number of alkyl halides is 2. The predicted molar refractivity (Wildman–Crippen MR) is 129 cm³/mol. The maximum absolute atomic E-state index is 14.6. The van der Waals surface area contributed by atoms with Gasteiger partial charge in [0, 0.05) is 0 Å². The van der Waals surface area contributed by atoms with E-state index in [1.807, 2.05) is 0 Å². The van der Waals surface area contributed by atoms with Gasteiger partial charge in [-0.1, -0.05) is 57.6 Å². The molecule has 0 N–H and O–H groups in total. The van der Waals surface area contributed by atoms with E-state index < -0.39 is 12.0 Å². The topological polar surface area (TPSA) is 9.23 Å². The molecule has 2 atom stereocenters. The molecule has 1 heterocycles. The lowest BCUT2D eigenvalue weighted by atomic mass is 9.63. The minimum atomic E-state index is -2.87. The summed E-state index contributed by atoms with van der Waals surface area (Å²) in [6.07, 6.45) is 21.2. The van der Waals surface area contributed by atoms with Crippen LogP contribution in [0.5, 0.6) is 0 Å². The van der Waals surface area contributed by atoms with Crippen LogP contribution in [-0.2, 0) is 4.74 Å². The fourth-order valence-corrected chi connectivity index (χ4v) is 7.93. The third kappa shape index (κ3) is 5.78. The second kappa shape index (κ2) is 11.3. The fraction of sp³-hybridized carbons (Fsp3) is 0.931. The number of rotatable bonds is 8. The SMILES string of the molecule is C/C=C/C1CCC(C2CCC([C@H]3[C@H](C4CCC(CCCCC)CC4)OC3(F)F)CC2)CC1. The number of unbranched alkanes of at least 4 members (excludes halogenated alkanes) is 2. The van der Waals surface area contributed by atoms with E-state index in [9.17, 15) is 8.78 Å². The quantitative estimate of drug-likeness (QED) is 0.264. The van der Waals surface area contributed by atoms with Gasteiger partial charge in [-0.2, -0.15) is 8.78 Å². The Kier molecular flexibility index (Phi) is 8.73. The maximum Gasteiger partial charge on any atom is 0.361 e. The van der Waals surface area contributed by atoms with Gasteiger partial charge in [0.05, 0.1) is 12.0 Å². The molecule has 0 aromatic carbocycles. The molecule has 0 aromatic rings. The lowest BCUT2D eigenvalue weighted by Crippen LogP contribution is -2.61. The van der Waals surface area contributed by atoms with E-state index in [-0.39, 0.29) is 12.0 Å². The Morgan fingerprint density at radius 3 is 1.88 bits per heavy atom. The highest BCUT2D eigenvalue weighted by molar-refractivity contribution is 4.99. The third-order valence-electron chi connectivity index (χ3n) is 9.88. The second-order valence-electron chi connectivity index (χ2n) is 11.8. The molecule has 3 aliphatic carbocycles. The summed E-state index contributed by atoms with van der Waals surface area (Å²) in [4.78, 5) is 0. The van der Waals surface area contributed by atoms with Crippen molar-refractivity contribution in [1.82, 2.24) is 0 Å². The van der Waals surface area contributed by atoms with E-state index in [1.54, 1.807) is 0 Å². The Morgan fingerprint density at radius 2 is 1.31 bits per heavy atom. The molecule has 3 saturated carbocycles. The molecule has 32 heavy (non-hydrogen) atoms. The summed E-state index contributed by atoms with van der Waals surface area (Å²) in [6, 6.07) is 0. The Bertz CT molecular complexity index is 578. The summed E-state index contributed by atoms with van der Waals surface area (Å²) in [5, 5.41) is 0. The van der Waals surface area contributed by atoms with Gasteiger partial charge in [-0.05, 0) is 107 Å². The van der Waals surface area contributed by atoms with Crippen LogP contribution in [0, 0.1) is 41.4 Å². The molecule has 1 aliphatic heterocycles. The van der Waals surface area contributed by atoms with Gasteiger partial charge in [-0.25, -0.2) is 0 Å². The lowest BCUT2D eigenvalue weighted by Gasteiger charge is -2.53. The van der Waals surface area contributed by atoms with Crippen LogP contribution in [0.15, 0.2) is 12.2 Å². The van der Waals surface area contributed by atoms with Crippen LogP contribution in [0.4, 0.5) is 8.78 Å². The molecule has 0 radical (unpaired) electrons. The average Bonchev–Trinajstić information content (AvgIpc) is 2.80. The molecule has 0 amide bonds. The zero-order valence-corrected chi connectivity index (χ0v) is 20.8. The first-order valence-corrected chi connectivity index (χ1v) is 14.2. The second-order valence-corrected chi connectivity index (χ2v) is 11.8. The molecule has 1 saturated heterocycles. The van der Waals surface area contributed by atoms with E-state index in [0.717, 1.165) is 49.4 Å². The minimum Gasteiger partial charge on any atom is -0.316 e.